The number of hydrogen-bond acceptors (Lipinski definition) is 2. The maximum atomic E-state index is 13.1. The lowest BCUT2D eigenvalue weighted by atomic mass is 9.80. The highest BCUT2D eigenvalue weighted by Gasteiger charge is 2.37. The van der Waals surface area contributed by atoms with Crippen molar-refractivity contribution in [2.75, 3.05) is 18.0 Å². The first kappa shape index (κ1) is 18.0. The molecule has 136 valence electrons. The molecule has 0 radical (unpaired) electrons. The fraction of sp³-hybridized carbons (Fsp3) is 0.619. The third kappa shape index (κ3) is 3.44. The van der Waals surface area contributed by atoms with Crippen LogP contribution in [0.5, 0.6) is 0 Å². The molecule has 1 fully saturated rings. The maximum absolute atomic E-state index is 13.1. The molecule has 1 unspecified atom stereocenters. The number of benzene rings is 1. The lowest BCUT2D eigenvalue weighted by Crippen LogP contribution is -2.43. The van der Waals surface area contributed by atoms with Gasteiger partial charge in [-0.25, -0.2) is 0 Å². The lowest BCUT2D eigenvalue weighted by molar-refractivity contribution is -0.137. The molecular weight excluding hydrogens is 312 g/mol. The number of fused-ring (bicyclic) bond motifs is 1. The fourth-order valence-corrected chi connectivity index (χ4v) is 4.48. The van der Waals surface area contributed by atoms with Crippen molar-refractivity contribution in [1.29, 1.82) is 0 Å². The number of carbonyl (C=O) groups excluding carboxylic acids is 2. The van der Waals surface area contributed by atoms with Crippen molar-refractivity contribution in [2.24, 2.45) is 11.8 Å². The molecule has 2 amide bonds. The Morgan fingerprint density at radius 2 is 1.64 bits per heavy atom. The van der Waals surface area contributed by atoms with E-state index in [9.17, 15) is 9.59 Å². The van der Waals surface area contributed by atoms with Crippen LogP contribution in [0.3, 0.4) is 0 Å². The molecular formula is C21H30N2O2. The van der Waals surface area contributed by atoms with Gasteiger partial charge in [0.25, 0.3) is 0 Å². The van der Waals surface area contributed by atoms with Gasteiger partial charge in [-0.15, -0.1) is 0 Å². The SMILES string of the molecule is CCN(CC)C(=O)C1CCC(C(=O)N2c3ccccc3CC2C)CC1. The Bertz CT molecular complexity index is 631. The molecule has 4 heteroatoms. The summed E-state index contributed by atoms with van der Waals surface area (Å²) in [6.07, 6.45) is 4.30. The molecule has 25 heavy (non-hydrogen) atoms. The van der Waals surface area contributed by atoms with Crippen LogP contribution in [-0.2, 0) is 16.0 Å². The monoisotopic (exact) mass is 342 g/mol. The van der Waals surface area contributed by atoms with E-state index in [-0.39, 0.29) is 29.7 Å². The summed E-state index contributed by atoms with van der Waals surface area (Å²) in [6.45, 7) is 7.74. The average Bonchev–Trinajstić information content (AvgIpc) is 2.98. The maximum Gasteiger partial charge on any atom is 0.230 e. The van der Waals surface area contributed by atoms with Crippen molar-refractivity contribution in [3.8, 4) is 0 Å². The van der Waals surface area contributed by atoms with E-state index >= 15 is 0 Å². The molecule has 1 saturated carbocycles. The van der Waals surface area contributed by atoms with Crippen molar-refractivity contribution in [3.63, 3.8) is 0 Å². The second kappa shape index (κ2) is 7.59. The molecule has 1 aromatic carbocycles. The van der Waals surface area contributed by atoms with E-state index in [1.54, 1.807) is 0 Å². The Morgan fingerprint density at radius 3 is 2.28 bits per heavy atom. The summed E-state index contributed by atoms with van der Waals surface area (Å²) < 4.78 is 0. The molecule has 1 aliphatic heterocycles. The highest BCUT2D eigenvalue weighted by atomic mass is 16.2. The van der Waals surface area contributed by atoms with E-state index in [2.05, 4.69) is 19.1 Å². The second-order valence-electron chi connectivity index (χ2n) is 7.45. The topological polar surface area (TPSA) is 40.6 Å². The Kier molecular flexibility index (Phi) is 5.45. The summed E-state index contributed by atoms with van der Waals surface area (Å²) in [5.74, 6) is 0.698. The number of amides is 2. The highest BCUT2D eigenvalue weighted by Crippen LogP contribution is 2.37. The largest absolute Gasteiger partial charge is 0.343 e. The first-order valence-corrected chi connectivity index (χ1v) is 9.76. The molecule has 4 nitrogen and oxygen atoms in total. The van der Waals surface area contributed by atoms with Crippen molar-refractivity contribution in [2.45, 2.75) is 58.9 Å². The molecule has 1 heterocycles. The molecule has 2 aliphatic rings. The summed E-state index contributed by atoms with van der Waals surface area (Å²) >= 11 is 0. The molecule has 1 aromatic rings. The predicted octanol–water partition coefficient (Wildman–Crippen LogP) is 3.64. The van der Waals surface area contributed by atoms with Gasteiger partial charge in [0, 0.05) is 36.7 Å². The number of para-hydroxylation sites is 1. The summed E-state index contributed by atoms with van der Waals surface area (Å²) in [5, 5.41) is 0. The molecule has 0 N–H and O–H groups in total. The van der Waals surface area contributed by atoms with Crippen LogP contribution >= 0.6 is 0 Å². The van der Waals surface area contributed by atoms with Gasteiger partial charge in [0.05, 0.1) is 0 Å². The normalized spacial score (nSPS) is 25.6. The molecule has 0 aromatic heterocycles. The lowest BCUT2D eigenvalue weighted by Gasteiger charge is -2.33. The minimum absolute atomic E-state index is 0.0642. The van der Waals surface area contributed by atoms with Gasteiger partial charge in [-0.1, -0.05) is 18.2 Å². The van der Waals surface area contributed by atoms with Crippen molar-refractivity contribution < 1.29 is 9.59 Å². The van der Waals surface area contributed by atoms with Crippen LogP contribution in [0.25, 0.3) is 0 Å². The standard InChI is InChI=1S/C21H30N2O2/c1-4-22(5-2)20(24)16-10-12-17(13-11-16)21(25)23-15(3)14-18-8-6-7-9-19(18)23/h6-9,15-17H,4-5,10-14H2,1-3H3. The van der Waals surface area contributed by atoms with Gasteiger partial charge in [-0.05, 0) is 64.5 Å². The Morgan fingerprint density at radius 1 is 1.04 bits per heavy atom. The van der Waals surface area contributed by atoms with E-state index in [0.29, 0.717) is 0 Å². The highest BCUT2D eigenvalue weighted by molar-refractivity contribution is 5.97. The zero-order valence-corrected chi connectivity index (χ0v) is 15.7. The van der Waals surface area contributed by atoms with Crippen LogP contribution in [0, 0.1) is 11.8 Å². The van der Waals surface area contributed by atoms with Gasteiger partial charge in [-0.3, -0.25) is 9.59 Å². The summed E-state index contributed by atoms with van der Waals surface area (Å²) in [7, 11) is 0. The number of rotatable bonds is 4. The van der Waals surface area contributed by atoms with Crippen LogP contribution < -0.4 is 4.90 Å². The number of hydrogen-bond donors (Lipinski definition) is 0. The quantitative estimate of drug-likeness (QED) is 0.838. The van der Waals surface area contributed by atoms with Gasteiger partial charge < -0.3 is 9.80 Å². The Balaban J connectivity index is 1.64. The van der Waals surface area contributed by atoms with Gasteiger partial charge in [-0.2, -0.15) is 0 Å². The van der Waals surface area contributed by atoms with E-state index in [1.807, 2.05) is 35.8 Å². The van der Waals surface area contributed by atoms with E-state index in [0.717, 1.165) is 50.9 Å². The van der Waals surface area contributed by atoms with E-state index in [1.165, 1.54) is 5.56 Å². The molecule has 1 atom stereocenters. The number of anilines is 1. The van der Waals surface area contributed by atoms with E-state index in [4.69, 9.17) is 0 Å². The van der Waals surface area contributed by atoms with Gasteiger partial charge in [0.2, 0.25) is 11.8 Å². The third-order valence-corrected chi connectivity index (χ3v) is 5.95. The Hall–Kier alpha value is -1.84. The van der Waals surface area contributed by atoms with Gasteiger partial charge in [0.15, 0.2) is 0 Å². The smallest absolute Gasteiger partial charge is 0.230 e. The van der Waals surface area contributed by atoms with Crippen LogP contribution in [0.1, 0.15) is 52.0 Å². The zero-order valence-electron chi connectivity index (χ0n) is 15.7. The van der Waals surface area contributed by atoms with Crippen LogP contribution in [-0.4, -0.2) is 35.8 Å². The Labute approximate surface area is 151 Å². The minimum Gasteiger partial charge on any atom is -0.343 e. The molecule has 0 spiro atoms. The summed E-state index contributed by atoms with van der Waals surface area (Å²) in [6, 6.07) is 8.48. The molecule has 0 saturated heterocycles. The number of nitrogens with zero attached hydrogens (tertiary/aromatic N) is 2. The second-order valence-corrected chi connectivity index (χ2v) is 7.45. The average molecular weight is 342 g/mol. The zero-order chi connectivity index (χ0) is 18.0. The minimum atomic E-state index is 0.0642. The third-order valence-electron chi connectivity index (χ3n) is 5.95. The van der Waals surface area contributed by atoms with Crippen LogP contribution in [0.2, 0.25) is 0 Å². The van der Waals surface area contributed by atoms with Crippen LogP contribution in [0.15, 0.2) is 24.3 Å². The van der Waals surface area contributed by atoms with Crippen molar-refractivity contribution in [1.82, 2.24) is 4.90 Å². The predicted molar refractivity (Wildman–Crippen MR) is 100 cm³/mol. The summed E-state index contributed by atoms with van der Waals surface area (Å²) in [4.78, 5) is 29.6. The van der Waals surface area contributed by atoms with Gasteiger partial charge in [0.1, 0.15) is 0 Å². The van der Waals surface area contributed by atoms with Crippen LogP contribution in [0.4, 0.5) is 5.69 Å². The summed E-state index contributed by atoms with van der Waals surface area (Å²) in [5.41, 5.74) is 2.36. The molecule has 3 rings (SSSR count). The van der Waals surface area contributed by atoms with Crippen molar-refractivity contribution >= 4 is 17.5 Å². The number of carbonyl (C=O) groups is 2. The first-order chi connectivity index (χ1) is 12.1. The first-order valence-electron chi connectivity index (χ1n) is 9.76. The molecule has 0 bridgehead atoms. The fourth-order valence-electron chi connectivity index (χ4n) is 4.48. The van der Waals surface area contributed by atoms with Gasteiger partial charge >= 0.3 is 0 Å². The molecule has 1 aliphatic carbocycles. The van der Waals surface area contributed by atoms with Crippen molar-refractivity contribution in [3.05, 3.63) is 29.8 Å². The van der Waals surface area contributed by atoms with E-state index < -0.39 is 0 Å².